The maximum absolute atomic E-state index is 15.6. The summed E-state index contributed by atoms with van der Waals surface area (Å²) in [5.74, 6) is -3.47. The van der Waals surface area contributed by atoms with Gasteiger partial charge in [0.15, 0.2) is 5.82 Å². The van der Waals surface area contributed by atoms with Gasteiger partial charge in [0, 0.05) is 30.6 Å². The van der Waals surface area contributed by atoms with Gasteiger partial charge in [0.1, 0.15) is 11.5 Å². The van der Waals surface area contributed by atoms with Crippen molar-refractivity contribution < 1.29 is 17.6 Å². The van der Waals surface area contributed by atoms with E-state index >= 15 is 8.78 Å². The number of fused-ring (bicyclic) bond motifs is 3. The molecule has 6 rings (SSSR count). The Morgan fingerprint density at radius 3 is 2.59 bits per heavy atom. The molecule has 1 aliphatic rings. The van der Waals surface area contributed by atoms with Crippen molar-refractivity contribution in [2.75, 3.05) is 5.32 Å². The second-order valence-corrected chi connectivity index (χ2v) is 8.96. The van der Waals surface area contributed by atoms with Gasteiger partial charge < -0.3 is 9.88 Å². The van der Waals surface area contributed by atoms with Gasteiger partial charge in [0.2, 0.25) is 17.6 Å². The summed E-state index contributed by atoms with van der Waals surface area (Å²) in [7, 11) is 0. The van der Waals surface area contributed by atoms with E-state index in [1.54, 1.807) is 29.8 Å². The molecule has 4 aromatic heterocycles. The number of hydrogen-bond donors (Lipinski definition) is 1. The number of halogens is 5. The molecule has 0 aliphatic carbocycles. The zero-order valence-corrected chi connectivity index (χ0v) is 21.7. The van der Waals surface area contributed by atoms with E-state index in [1.807, 2.05) is 0 Å². The van der Waals surface area contributed by atoms with Crippen molar-refractivity contribution in [2.45, 2.75) is 32.0 Å². The van der Waals surface area contributed by atoms with Crippen LogP contribution >= 0.6 is 25.1 Å². The fourth-order valence-electron chi connectivity index (χ4n) is 4.38. The van der Waals surface area contributed by atoms with E-state index < -0.39 is 24.3 Å². The monoisotopic (exact) mass is 578 g/mol. The molecule has 0 unspecified atom stereocenters. The standard InChI is InChI=1S/C23H17ClF4N10.H2S/c1-12-10-36-11-16(15-6-8-29-22(32-15)33-17-7-9-30-38(17)21(25)26)31-18(36)19-34-35-20(37(12)19)23(27,28)13-4-2-3-5-14(13)24;/h2-9,11-12,21H,10H2,1H3,(H,29,32,33);1H2/t12-;/m0./s1. The van der Waals surface area contributed by atoms with Crippen LogP contribution in [0.4, 0.5) is 29.3 Å². The lowest BCUT2D eigenvalue weighted by Gasteiger charge is -2.26. The molecule has 0 radical (unpaired) electrons. The van der Waals surface area contributed by atoms with Crippen LogP contribution in [0.1, 0.15) is 30.9 Å². The number of imidazole rings is 1. The Kier molecular flexibility index (Phi) is 6.80. The van der Waals surface area contributed by atoms with Crippen molar-refractivity contribution >= 4 is 36.9 Å². The minimum atomic E-state index is -3.49. The number of benzene rings is 1. The normalized spacial score (nSPS) is 14.6. The van der Waals surface area contributed by atoms with Crippen LogP contribution in [-0.4, -0.2) is 44.1 Å². The summed E-state index contributed by atoms with van der Waals surface area (Å²) in [6.07, 6.45) is 4.38. The van der Waals surface area contributed by atoms with E-state index in [0.717, 1.165) is 0 Å². The van der Waals surface area contributed by atoms with Crippen molar-refractivity contribution in [3.8, 4) is 23.0 Å². The molecule has 1 N–H and O–H groups in total. The van der Waals surface area contributed by atoms with Crippen LogP contribution in [0.5, 0.6) is 0 Å². The third-order valence-electron chi connectivity index (χ3n) is 6.08. The van der Waals surface area contributed by atoms with Crippen LogP contribution in [0.3, 0.4) is 0 Å². The van der Waals surface area contributed by atoms with Crippen LogP contribution in [0.15, 0.2) is 55.0 Å². The molecule has 202 valence electrons. The smallest absolute Gasteiger partial charge is 0.326 e. The molecule has 0 saturated carbocycles. The average Bonchev–Trinajstić information content (AvgIpc) is 3.63. The lowest BCUT2D eigenvalue weighted by Crippen LogP contribution is -2.28. The Labute approximate surface area is 230 Å². The quantitative estimate of drug-likeness (QED) is 0.269. The third-order valence-corrected chi connectivity index (χ3v) is 6.41. The molecule has 0 saturated heterocycles. The predicted octanol–water partition coefficient (Wildman–Crippen LogP) is 5.41. The first kappa shape index (κ1) is 26.6. The van der Waals surface area contributed by atoms with E-state index in [-0.39, 0.29) is 41.7 Å². The highest BCUT2D eigenvalue weighted by Crippen LogP contribution is 2.42. The number of rotatable bonds is 6. The summed E-state index contributed by atoms with van der Waals surface area (Å²) in [5.41, 5.74) is 0.427. The van der Waals surface area contributed by atoms with Crippen molar-refractivity contribution in [1.29, 1.82) is 0 Å². The lowest BCUT2D eigenvalue weighted by molar-refractivity contribution is 0.0269. The highest BCUT2D eigenvalue weighted by molar-refractivity contribution is 7.59. The molecular formula is C23H19ClF4N10S. The number of anilines is 2. The van der Waals surface area contributed by atoms with Crippen molar-refractivity contribution in [2.24, 2.45) is 0 Å². The molecular weight excluding hydrogens is 560 g/mol. The third kappa shape index (κ3) is 4.50. The number of alkyl halides is 4. The highest BCUT2D eigenvalue weighted by atomic mass is 35.5. The topological polar surface area (TPSA) is 104 Å². The number of aromatic nitrogens is 9. The van der Waals surface area contributed by atoms with E-state index in [4.69, 9.17) is 11.6 Å². The second kappa shape index (κ2) is 9.96. The molecule has 0 bridgehead atoms. The molecule has 0 fully saturated rings. The van der Waals surface area contributed by atoms with Crippen molar-refractivity contribution in [3.05, 3.63) is 71.4 Å². The van der Waals surface area contributed by atoms with Crippen molar-refractivity contribution in [1.82, 2.24) is 44.1 Å². The predicted molar refractivity (Wildman–Crippen MR) is 139 cm³/mol. The molecule has 5 aromatic rings. The Morgan fingerprint density at radius 2 is 1.82 bits per heavy atom. The Morgan fingerprint density at radius 1 is 1.03 bits per heavy atom. The summed E-state index contributed by atoms with van der Waals surface area (Å²) in [4.78, 5) is 13.0. The van der Waals surface area contributed by atoms with E-state index in [1.165, 1.54) is 41.2 Å². The summed E-state index contributed by atoms with van der Waals surface area (Å²) in [6, 6.07) is 8.24. The molecule has 1 aliphatic heterocycles. The second-order valence-electron chi connectivity index (χ2n) is 8.55. The van der Waals surface area contributed by atoms with Crippen LogP contribution in [0.25, 0.3) is 23.0 Å². The maximum Gasteiger partial charge on any atom is 0.335 e. The molecule has 0 spiro atoms. The van der Waals surface area contributed by atoms with Crippen LogP contribution < -0.4 is 5.32 Å². The summed E-state index contributed by atoms with van der Waals surface area (Å²) in [5, 5.41) is 14.1. The van der Waals surface area contributed by atoms with Gasteiger partial charge in [0.25, 0.3) is 0 Å². The van der Waals surface area contributed by atoms with Crippen LogP contribution in [0, 0.1) is 0 Å². The molecule has 0 amide bonds. The zero-order chi connectivity index (χ0) is 26.6. The van der Waals surface area contributed by atoms with Crippen LogP contribution in [-0.2, 0) is 12.5 Å². The van der Waals surface area contributed by atoms with Gasteiger partial charge in [-0.25, -0.2) is 15.0 Å². The number of nitrogens with zero attached hydrogens (tertiary/aromatic N) is 9. The summed E-state index contributed by atoms with van der Waals surface area (Å²) in [6.45, 7) is -0.742. The van der Waals surface area contributed by atoms with Crippen LogP contribution in [0.2, 0.25) is 5.02 Å². The number of nitrogens with one attached hydrogen (secondary N) is 1. The zero-order valence-electron chi connectivity index (χ0n) is 20.0. The molecule has 39 heavy (non-hydrogen) atoms. The SMILES string of the molecule is C[C@H]1Cn2cc(-c3ccnc(Nc4ccnn4C(F)F)n3)nc2-c2nnc(C(F)(F)c3ccccc3Cl)n21.S. The van der Waals surface area contributed by atoms with Crippen molar-refractivity contribution in [3.63, 3.8) is 0 Å². The molecule has 1 aromatic carbocycles. The van der Waals surface area contributed by atoms with Gasteiger partial charge in [0.05, 0.1) is 23.0 Å². The van der Waals surface area contributed by atoms with Gasteiger partial charge in [-0.1, -0.05) is 29.8 Å². The molecule has 5 heterocycles. The summed E-state index contributed by atoms with van der Waals surface area (Å²) < 4.78 is 61.0. The Hall–Kier alpha value is -3.98. The first-order chi connectivity index (χ1) is 18.2. The minimum Gasteiger partial charge on any atom is -0.326 e. The Balaban J connectivity index is 0.00000308. The molecule has 10 nitrogen and oxygen atoms in total. The molecule has 1 atom stereocenters. The fourth-order valence-corrected chi connectivity index (χ4v) is 4.63. The van der Waals surface area contributed by atoms with E-state index in [9.17, 15) is 8.78 Å². The van der Waals surface area contributed by atoms with Gasteiger partial charge in [-0.05, 0) is 19.1 Å². The first-order valence-electron chi connectivity index (χ1n) is 11.3. The lowest BCUT2D eigenvalue weighted by atomic mass is 10.1. The first-order valence-corrected chi connectivity index (χ1v) is 11.7. The highest BCUT2D eigenvalue weighted by Gasteiger charge is 2.44. The van der Waals surface area contributed by atoms with Gasteiger partial charge in [-0.15, -0.1) is 10.2 Å². The number of hydrogen-bond acceptors (Lipinski definition) is 7. The van der Waals surface area contributed by atoms with Gasteiger partial charge in [-0.3, -0.25) is 4.57 Å². The minimum absolute atomic E-state index is 0. The van der Waals surface area contributed by atoms with Gasteiger partial charge in [-0.2, -0.15) is 40.8 Å². The summed E-state index contributed by atoms with van der Waals surface area (Å²) >= 11 is 6.07. The molecule has 16 heteroatoms. The largest absolute Gasteiger partial charge is 0.335 e. The van der Waals surface area contributed by atoms with Gasteiger partial charge >= 0.3 is 12.5 Å². The maximum atomic E-state index is 15.6. The Bertz CT molecular complexity index is 1650. The fraction of sp³-hybridized carbons (Fsp3) is 0.217. The van der Waals surface area contributed by atoms with E-state index in [2.05, 4.69) is 35.6 Å². The average molecular weight is 579 g/mol. The van der Waals surface area contributed by atoms with E-state index in [0.29, 0.717) is 28.4 Å².